The topological polar surface area (TPSA) is 0 Å². The van der Waals surface area contributed by atoms with Gasteiger partial charge in [0.15, 0.2) is 0 Å². The standard InChI is InChI=1S/C8H10.C8H12.C2H6/c1-7-3-5-8(2)6-4-7;1-7(2)5-6-8(3)4;1-2/h3-6H,1-2H3;5-6H,1,3H2,2,4H3;1-2H3/b;6-5-;. The molecule has 0 unspecified atom stereocenters. The number of benzene rings is 1. The quantitative estimate of drug-likeness (QED) is 0.558. The van der Waals surface area contributed by atoms with Gasteiger partial charge in [0.2, 0.25) is 0 Å². The molecular formula is C18H28. The summed E-state index contributed by atoms with van der Waals surface area (Å²) < 4.78 is 0. The van der Waals surface area contributed by atoms with Gasteiger partial charge in [0.1, 0.15) is 0 Å². The molecule has 0 aliphatic rings. The average Bonchev–Trinajstić information content (AvgIpc) is 2.34. The third kappa shape index (κ3) is 14.4. The van der Waals surface area contributed by atoms with Crippen LogP contribution in [0.4, 0.5) is 0 Å². The molecule has 0 atom stereocenters. The fourth-order valence-corrected chi connectivity index (χ4v) is 0.921. The summed E-state index contributed by atoms with van der Waals surface area (Å²) in [5.74, 6) is 0. The molecule has 0 bridgehead atoms. The lowest BCUT2D eigenvalue weighted by Crippen LogP contribution is -1.70. The molecule has 0 heteroatoms. The number of hydrogen-bond acceptors (Lipinski definition) is 0. The summed E-state index contributed by atoms with van der Waals surface area (Å²) >= 11 is 0. The summed E-state index contributed by atoms with van der Waals surface area (Å²) in [6, 6.07) is 8.48. The van der Waals surface area contributed by atoms with Crippen LogP contribution in [0.2, 0.25) is 0 Å². The van der Waals surface area contributed by atoms with E-state index in [4.69, 9.17) is 0 Å². The lowest BCUT2D eigenvalue weighted by Gasteiger charge is -1.90. The zero-order chi connectivity index (χ0) is 14.6. The first-order chi connectivity index (χ1) is 8.41. The Balaban J connectivity index is 0. The summed E-state index contributed by atoms with van der Waals surface area (Å²) in [6.45, 7) is 19.5. The van der Waals surface area contributed by atoms with Crippen molar-refractivity contribution in [3.8, 4) is 0 Å². The molecule has 1 aromatic rings. The van der Waals surface area contributed by atoms with Crippen LogP contribution in [0.15, 0.2) is 60.7 Å². The van der Waals surface area contributed by atoms with Crippen LogP contribution in [0, 0.1) is 13.8 Å². The maximum Gasteiger partial charge on any atom is -0.0398 e. The van der Waals surface area contributed by atoms with Crippen LogP contribution in [0.1, 0.15) is 38.8 Å². The van der Waals surface area contributed by atoms with Gasteiger partial charge in [0.05, 0.1) is 0 Å². The first kappa shape index (κ1) is 18.8. The van der Waals surface area contributed by atoms with Crippen molar-refractivity contribution < 1.29 is 0 Å². The molecule has 100 valence electrons. The van der Waals surface area contributed by atoms with Crippen LogP contribution in [0.25, 0.3) is 0 Å². The molecule has 0 spiro atoms. The molecule has 1 aromatic carbocycles. The van der Waals surface area contributed by atoms with E-state index in [9.17, 15) is 0 Å². The van der Waals surface area contributed by atoms with Gasteiger partial charge < -0.3 is 0 Å². The highest BCUT2D eigenvalue weighted by atomic mass is 13.9. The van der Waals surface area contributed by atoms with Crippen molar-refractivity contribution in [3.63, 3.8) is 0 Å². The van der Waals surface area contributed by atoms with Gasteiger partial charge >= 0.3 is 0 Å². The number of aryl methyl sites for hydroxylation is 2. The predicted octanol–water partition coefficient (Wildman–Crippen LogP) is 6.02. The third-order valence-electron chi connectivity index (χ3n) is 1.87. The zero-order valence-electron chi connectivity index (χ0n) is 12.9. The Morgan fingerprint density at radius 2 is 1.00 bits per heavy atom. The average molecular weight is 244 g/mol. The molecule has 0 nitrogen and oxygen atoms in total. The second kappa shape index (κ2) is 11.9. The molecule has 0 radical (unpaired) electrons. The van der Waals surface area contributed by atoms with Gasteiger partial charge in [-0.15, -0.1) is 0 Å². The van der Waals surface area contributed by atoms with Crippen molar-refractivity contribution in [3.05, 3.63) is 71.8 Å². The van der Waals surface area contributed by atoms with Gasteiger partial charge in [0, 0.05) is 0 Å². The summed E-state index contributed by atoms with van der Waals surface area (Å²) in [5, 5.41) is 0. The van der Waals surface area contributed by atoms with E-state index in [1.807, 2.05) is 39.8 Å². The normalized spacial score (nSPS) is 8.78. The van der Waals surface area contributed by atoms with Crippen LogP contribution in [-0.2, 0) is 0 Å². The van der Waals surface area contributed by atoms with E-state index in [1.54, 1.807) is 0 Å². The first-order valence-corrected chi connectivity index (χ1v) is 6.44. The fraction of sp³-hybridized carbons (Fsp3) is 0.333. The Morgan fingerprint density at radius 3 is 1.17 bits per heavy atom. The van der Waals surface area contributed by atoms with E-state index in [0.717, 1.165) is 11.1 Å². The fourth-order valence-electron chi connectivity index (χ4n) is 0.921. The maximum absolute atomic E-state index is 3.70. The molecule has 0 aromatic heterocycles. The van der Waals surface area contributed by atoms with E-state index >= 15 is 0 Å². The van der Waals surface area contributed by atoms with Crippen LogP contribution in [0.5, 0.6) is 0 Å². The Kier molecular flexibility index (Phi) is 12.4. The molecule has 18 heavy (non-hydrogen) atoms. The zero-order valence-corrected chi connectivity index (χ0v) is 12.9. The minimum Gasteiger partial charge on any atom is -0.0961 e. The molecule has 0 aliphatic carbocycles. The van der Waals surface area contributed by atoms with E-state index < -0.39 is 0 Å². The van der Waals surface area contributed by atoms with Gasteiger partial charge in [0.25, 0.3) is 0 Å². The molecule has 0 aliphatic heterocycles. The SMILES string of the molecule is C=C(C)/C=C\C(=C)C.CC.Cc1ccc(C)cc1. The second-order valence-electron chi connectivity index (χ2n) is 4.18. The summed E-state index contributed by atoms with van der Waals surface area (Å²) in [7, 11) is 0. The van der Waals surface area contributed by atoms with Gasteiger partial charge in [-0.1, -0.05) is 85.7 Å². The highest BCUT2D eigenvalue weighted by Gasteiger charge is 1.79. The number of hydrogen-bond donors (Lipinski definition) is 0. The minimum absolute atomic E-state index is 1.06. The Hall–Kier alpha value is -1.56. The number of rotatable bonds is 2. The lowest BCUT2D eigenvalue weighted by molar-refractivity contribution is 1.40. The highest BCUT2D eigenvalue weighted by Crippen LogP contribution is 1.99. The molecule has 0 amide bonds. The van der Waals surface area contributed by atoms with E-state index in [2.05, 4.69) is 51.3 Å². The third-order valence-corrected chi connectivity index (χ3v) is 1.87. The smallest absolute Gasteiger partial charge is 0.0398 e. The van der Waals surface area contributed by atoms with E-state index in [1.165, 1.54) is 11.1 Å². The molecule has 0 N–H and O–H groups in total. The lowest BCUT2D eigenvalue weighted by atomic mass is 10.2. The monoisotopic (exact) mass is 244 g/mol. The van der Waals surface area contributed by atoms with Crippen LogP contribution >= 0.6 is 0 Å². The van der Waals surface area contributed by atoms with E-state index in [0.29, 0.717) is 0 Å². The predicted molar refractivity (Wildman–Crippen MR) is 86.0 cm³/mol. The van der Waals surface area contributed by atoms with Gasteiger partial charge in [-0.3, -0.25) is 0 Å². The second-order valence-corrected chi connectivity index (χ2v) is 4.18. The number of allylic oxidation sites excluding steroid dienone is 4. The van der Waals surface area contributed by atoms with Crippen LogP contribution < -0.4 is 0 Å². The molecular weight excluding hydrogens is 216 g/mol. The van der Waals surface area contributed by atoms with Crippen molar-refractivity contribution in [1.82, 2.24) is 0 Å². The summed E-state index contributed by atoms with van der Waals surface area (Å²) in [6.07, 6.45) is 3.89. The summed E-state index contributed by atoms with van der Waals surface area (Å²) in [4.78, 5) is 0. The Labute approximate surface area is 114 Å². The molecule has 1 rings (SSSR count). The summed E-state index contributed by atoms with van der Waals surface area (Å²) in [5.41, 5.74) is 4.78. The van der Waals surface area contributed by atoms with Crippen molar-refractivity contribution in [2.75, 3.05) is 0 Å². The van der Waals surface area contributed by atoms with Crippen LogP contribution in [0.3, 0.4) is 0 Å². The van der Waals surface area contributed by atoms with Crippen molar-refractivity contribution in [1.29, 1.82) is 0 Å². The Bertz CT molecular complexity index is 327. The molecule has 0 saturated carbocycles. The van der Waals surface area contributed by atoms with Crippen molar-refractivity contribution >= 4 is 0 Å². The minimum atomic E-state index is 1.06. The largest absolute Gasteiger partial charge is 0.0961 e. The van der Waals surface area contributed by atoms with Gasteiger partial charge in [-0.2, -0.15) is 0 Å². The van der Waals surface area contributed by atoms with Gasteiger partial charge in [-0.05, 0) is 27.7 Å². The highest BCUT2D eigenvalue weighted by molar-refractivity contribution is 5.21. The Morgan fingerprint density at radius 1 is 0.778 bits per heavy atom. The van der Waals surface area contributed by atoms with Gasteiger partial charge in [-0.25, -0.2) is 0 Å². The van der Waals surface area contributed by atoms with Crippen molar-refractivity contribution in [2.24, 2.45) is 0 Å². The first-order valence-electron chi connectivity index (χ1n) is 6.44. The molecule has 0 fully saturated rings. The molecule has 0 heterocycles. The van der Waals surface area contributed by atoms with Crippen molar-refractivity contribution in [2.45, 2.75) is 41.5 Å². The van der Waals surface area contributed by atoms with Crippen LogP contribution in [-0.4, -0.2) is 0 Å². The van der Waals surface area contributed by atoms with E-state index in [-0.39, 0.29) is 0 Å². The maximum atomic E-state index is 3.70. The molecule has 0 saturated heterocycles.